The van der Waals surface area contributed by atoms with Crippen LogP contribution in [0.25, 0.3) is 0 Å². The van der Waals surface area contributed by atoms with Crippen LogP contribution in [0.5, 0.6) is 0 Å². The Morgan fingerprint density at radius 1 is 0.786 bits per heavy atom. The minimum atomic E-state index is -3.16. The molecule has 160 valence electrons. The van der Waals surface area contributed by atoms with Crippen LogP contribution >= 0.6 is 0 Å². The number of sulfonamides is 1. The Balaban J connectivity index is 1.41. The van der Waals surface area contributed by atoms with Crippen LogP contribution in [0.1, 0.15) is 38.5 Å². The van der Waals surface area contributed by atoms with Crippen molar-refractivity contribution in [2.45, 2.75) is 38.5 Å². The average Bonchev–Trinajstić information content (AvgIpc) is 2.97. The predicted molar refractivity (Wildman–Crippen MR) is 107 cm³/mol. The summed E-state index contributed by atoms with van der Waals surface area (Å²) in [5, 5.41) is 0. The summed E-state index contributed by atoms with van der Waals surface area (Å²) >= 11 is 0. The molecule has 3 heterocycles. The largest absolute Gasteiger partial charge is 0.342 e. The van der Waals surface area contributed by atoms with Gasteiger partial charge in [-0.25, -0.2) is 12.7 Å². The Morgan fingerprint density at radius 2 is 1.36 bits per heavy atom. The van der Waals surface area contributed by atoms with Crippen molar-refractivity contribution in [3.8, 4) is 0 Å². The predicted octanol–water partition coefficient (Wildman–Crippen LogP) is 0.205. The van der Waals surface area contributed by atoms with Crippen molar-refractivity contribution < 1.29 is 18.0 Å². The van der Waals surface area contributed by atoms with E-state index in [1.807, 2.05) is 9.80 Å². The van der Waals surface area contributed by atoms with E-state index in [9.17, 15) is 18.0 Å². The van der Waals surface area contributed by atoms with Gasteiger partial charge in [0, 0.05) is 58.3 Å². The van der Waals surface area contributed by atoms with Gasteiger partial charge in [-0.15, -0.1) is 0 Å². The third kappa shape index (κ3) is 5.67. The highest BCUT2D eigenvalue weighted by atomic mass is 32.2. The molecule has 3 aliphatic rings. The van der Waals surface area contributed by atoms with Gasteiger partial charge in [0.15, 0.2) is 0 Å². The minimum Gasteiger partial charge on any atom is -0.342 e. The lowest BCUT2D eigenvalue weighted by Crippen LogP contribution is -2.53. The Labute approximate surface area is 168 Å². The topological polar surface area (TPSA) is 81.2 Å². The average molecular weight is 415 g/mol. The molecule has 0 aromatic rings. The van der Waals surface area contributed by atoms with Crippen LogP contribution in [-0.4, -0.2) is 104 Å². The molecule has 0 atom stereocenters. The van der Waals surface area contributed by atoms with Crippen LogP contribution in [0.15, 0.2) is 0 Å². The molecular weight excluding hydrogens is 380 g/mol. The molecule has 3 rings (SSSR count). The molecule has 3 aliphatic heterocycles. The van der Waals surface area contributed by atoms with E-state index in [2.05, 4.69) is 4.90 Å². The second-order valence-corrected chi connectivity index (χ2v) is 10.3. The molecule has 0 saturated carbocycles. The Bertz CT molecular complexity index is 645. The molecule has 3 fully saturated rings. The van der Waals surface area contributed by atoms with E-state index in [-0.39, 0.29) is 17.7 Å². The van der Waals surface area contributed by atoms with Crippen molar-refractivity contribution >= 4 is 21.8 Å². The number of piperidine rings is 1. The molecule has 0 aliphatic carbocycles. The molecule has 2 amide bonds. The van der Waals surface area contributed by atoms with Gasteiger partial charge >= 0.3 is 0 Å². The molecule has 9 heteroatoms. The van der Waals surface area contributed by atoms with E-state index in [1.54, 1.807) is 0 Å². The maximum absolute atomic E-state index is 12.8. The van der Waals surface area contributed by atoms with Crippen LogP contribution in [0.2, 0.25) is 0 Å². The fourth-order valence-corrected chi connectivity index (χ4v) is 5.30. The zero-order chi connectivity index (χ0) is 20.1. The zero-order valence-corrected chi connectivity index (χ0v) is 17.8. The van der Waals surface area contributed by atoms with E-state index in [4.69, 9.17) is 0 Å². The van der Waals surface area contributed by atoms with E-state index >= 15 is 0 Å². The molecule has 0 unspecified atom stereocenters. The number of carbonyl (C=O) groups excluding carboxylic acids is 2. The molecule has 0 N–H and O–H groups in total. The minimum absolute atomic E-state index is 0.0803. The highest BCUT2D eigenvalue weighted by molar-refractivity contribution is 7.88. The number of nitrogens with zero attached hydrogens (tertiary/aromatic N) is 4. The van der Waals surface area contributed by atoms with Gasteiger partial charge in [-0.1, -0.05) is 12.8 Å². The molecule has 3 saturated heterocycles. The summed E-state index contributed by atoms with van der Waals surface area (Å²) in [5.41, 5.74) is 0. The summed E-state index contributed by atoms with van der Waals surface area (Å²) in [4.78, 5) is 31.4. The maximum atomic E-state index is 12.8. The number of rotatable bonds is 4. The summed E-state index contributed by atoms with van der Waals surface area (Å²) in [7, 11) is -3.16. The number of hydrogen-bond acceptors (Lipinski definition) is 5. The second kappa shape index (κ2) is 9.54. The van der Waals surface area contributed by atoms with Crippen molar-refractivity contribution in [2.24, 2.45) is 5.92 Å². The first kappa shape index (κ1) is 21.5. The fraction of sp³-hybridized carbons (Fsp3) is 0.895. The Kier molecular flexibility index (Phi) is 7.33. The van der Waals surface area contributed by atoms with Crippen molar-refractivity contribution in [2.75, 3.05) is 65.2 Å². The van der Waals surface area contributed by atoms with Crippen LogP contribution in [0, 0.1) is 5.92 Å². The van der Waals surface area contributed by atoms with Crippen molar-refractivity contribution in [1.29, 1.82) is 0 Å². The normalized spacial score (nSPS) is 24.2. The van der Waals surface area contributed by atoms with Crippen LogP contribution in [-0.2, 0) is 19.6 Å². The molecule has 0 aromatic carbocycles. The molecule has 0 spiro atoms. The fourth-order valence-electron chi connectivity index (χ4n) is 4.43. The first-order valence-electron chi connectivity index (χ1n) is 10.6. The molecular formula is C19H34N4O4S. The molecule has 0 bridgehead atoms. The maximum Gasteiger partial charge on any atom is 0.236 e. The summed E-state index contributed by atoms with van der Waals surface area (Å²) < 4.78 is 24.7. The third-order valence-electron chi connectivity index (χ3n) is 6.27. The number of carbonyl (C=O) groups is 2. The summed E-state index contributed by atoms with van der Waals surface area (Å²) in [6.45, 7) is 5.83. The molecule has 0 radical (unpaired) electrons. The first-order chi connectivity index (χ1) is 13.3. The lowest BCUT2D eigenvalue weighted by Gasteiger charge is -2.38. The SMILES string of the molecule is CS(=O)(=O)N1CCC(C(=O)N2CCN(CC(=O)N3CCCCCC3)CC2)CC1. The second-order valence-electron chi connectivity index (χ2n) is 8.33. The van der Waals surface area contributed by atoms with Gasteiger partial charge in [-0.2, -0.15) is 0 Å². The smallest absolute Gasteiger partial charge is 0.236 e. The quantitative estimate of drug-likeness (QED) is 0.657. The third-order valence-corrected chi connectivity index (χ3v) is 7.58. The van der Waals surface area contributed by atoms with Crippen LogP contribution < -0.4 is 0 Å². The lowest BCUT2D eigenvalue weighted by molar-refractivity contribution is -0.139. The first-order valence-corrected chi connectivity index (χ1v) is 12.4. The van der Waals surface area contributed by atoms with Gasteiger partial charge in [-0.05, 0) is 25.7 Å². The van der Waals surface area contributed by atoms with E-state index in [0.717, 1.165) is 39.0 Å². The Hall–Kier alpha value is -1.19. The zero-order valence-electron chi connectivity index (χ0n) is 17.0. The standard InChI is InChI=1S/C19H34N4O4S/c1-28(26,27)23-10-6-17(7-11-23)19(25)22-14-12-20(13-15-22)16-18(24)21-8-4-2-3-5-9-21/h17H,2-16H2,1H3. The highest BCUT2D eigenvalue weighted by Crippen LogP contribution is 2.22. The summed E-state index contributed by atoms with van der Waals surface area (Å²) in [5.74, 6) is 0.282. The van der Waals surface area contributed by atoms with Gasteiger partial charge in [-0.3, -0.25) is 14.5 Å². The molecule has 28 heavy (non-hydrogen) atoms. The van der Waals surface area contributed by atoms with Crippen LogP contribution in [0.4, 0.5) is 0 Å². The number of piperazine rings is 1. The van der Waals surface area contributed by atoms with Gasteiger partial charge in [0.25, 0.3) is 0 Å². The monoisotopic (exact) mass is 414 g/mol. The van der Waals surface area contributed by atoms with Gasteiger partial charge in [0.05, 0.1) is 12.8 Å². The van der Waals surface area contributed by atoms with Crippen molar-refractivity contribution in [3.05, 3.63) is 0 Å². The Morgan fingerprint density at radius 3 is 1.89 bits per heavy atom. The van der Waals surface area contributed by atoms with Gasteiger partial charge in [0.2, 0.25) is 21.8 Å². The summed E-state index contributed by atoms with van der Waals surface area (Å²) in [6, 6.07) is 0. The van der Waals surface area contributed by atoms with E-state index in [0.29, 0.717) is 45.6 Å². The molecule has 8 nitrogen and oxygen atoms in total. The van der Waals surface area contributed by atoms with E-state index < -0.39 is 10.0 Å². The highest BCUT2D eigenvalue weighted by Gasteiger charge is 2.33. The van der Waals surface area contributed by atoms with E-state index in [1.165, 1.54) is 23.4 Å². The van der Waals surface area contributed by atoms with Gasteiger partial charge in [0.1, 0.15) is 0 Å². The number of amides is 2. The van der Waals surface area contributed by atoms with Crippen LogP contribution in [0.3, 0.4) is 0 Å². The van der Waals surface area contributed by atoms with Crippen molar-refractivity contribution in [1.82, 2.24) is 19.0 Å². The molecule has 0 aromatic heterocycles. The summed E-state index contributed by atoms with van der Waals surface area (Å²) in [6.07, 6.45) is 7.06. The van der Waals surface area contributed by atoms with Crippen molar-refractivity contribution in [3.63, 3.8) is 0 Å². The lowest BCUT2D eigenvalue weighted by atomic mass is 9.96. The van der Waals surface area contributed by atoms with Gasteiger partial charge < -0.3 is 9.80 Å². The number of likely N-dealkylation sites (tertiary alicyclic amines) is 1. The number of hydrogen-bond donors (Lipinski definition) is 0.